The van der Waals surface area contributed by atoms with Gasteiger partial charge in [-0.25, -0.2) is 0 Å². The molecule has 1 heterocycles. The highest BCUT2D eigenvalue weighted by atomic mass is 35.5. The largest absolute Gasteiger partial charge is 0.323 e. The molecule has 1 fully saturated rings. The fourth-order valence-electron chi connectivity index (χ4n) is 1.91. The quantitative estimate of drug-likeness (QED) is 0.831. The Morgan fingerprint density at radius 2 is 2.38 bits per heavy atom. The van der Waals surface area contributed by atoms with Crippen molar-refractivity contribution in [3.63, 3.8) is 0 Å². The Morgan fingerprint density at radius 3 is 3.00 bits per heavy atom. The number of para-hydroxylation sites is 1. The fraction of sp³-hybridized carbons (Fsp3) is 0.417. The van der Waals surface area contributed by atoms with E-state index in [-0.39, 0.29) is 11.9 Å². The normalized spacial score (nSPS) is 19.8. The number of hydrogen-bond acceptors (Lipinski definition) is 2. The number of carbonyl (C=O) groups is 1. The molecule has 16 heavy (non-hydrogen) atoms. The monoisotopic (exact) mass is 238 g/mol. The molecule has 86 valence electrons. The topological polar surface area (TPSA) is 41.1 Å². The molecule has 1 aliphatic rings. The maximum Gasteiger partial charge on any atom is 0.241 e. The molecule has 3 nitrogen and oxygen atoms in total. The van der Waals surface area contributed by atoms with Crippen LogP contribution in [0.1, 0.15) is 18.4 Å². The molecule has 1 aromatic carbocycles. The van der Waals surface area contributed by atoms with Crippen LogP contribution in [0.4, 0.5) is 5.69 Å². The predicted molar refractivity (Wildman–Crippen MR) is 65.8 cm³/mol. The summed E-state index contributed by atoms with van der Waals surface area (Å²) in [5.74, 6) is 0.00806. The Morgan fingerprint density at radius 1 is 1.56 bits per heavy atom. The van der Waals surface area contributed by atoms with Crippen LogP contribution >= 0.6 is 11.6 Å². The van der Waals surface area contributed by atoms with Crippen LogP contribution in [-0.4, -0.2) is 18.5 Å². The zero-order valence-electron chi connectivity index (χ0n) is 9.22. The van der Waals surface area contributed by atoms with E-state index >= 15 is 0 Å². The van der Waals surface area contributed by atoms with Crippen molar-refractivity contribution in [1.82, 2.24) is 5.32 Å². The van der Waals surface area contributed by atoms with Gasteiger partial charge < -0.3 is 10.6 Å². The molecule has 0 aliphatic carbocycles. The van der Waals surface area contributed by atoms with E-state index in [1.165, 1.54) is 0 Å². The first-order valence-electron chi connectivity index (χ1n) is 5.48. The number of carbonyl (C=O) groups excluding carboxylic acids is 1. The molecule has 1 unspecified atom stereocenters. The van der Waals surface area contributed by atoms with E-state index in [2.05, 4.69) is 10.6 Å². The SMILES string of the molecule is Cc1cccc(Cl)c1NC(=O)C1CCCN1. The zero-order valence-corrected chi connectivity index (χ0v) is 9.97. The van der Waals surface area contributed by atoms with Gasteiger partial charge in [-0.1, -0.05) is 23.7 Å². The lowest BCUT2D eigenvalue weighted by Gasteiger charge is -2.14. The van der Waals surface area contributed by atoms with E-state index in [0.29, 0.717) is 5.02 Å². The average molecular weight is 239 g/mol. The number of nitrogens with one attached hydrogen (secondary N) is 2. The molecule has 1 amide bonds. The molecule has 4 heteroatoms. The molecule has 1 saturated heterocycles. The van der Waals surface area contributed by atoms with Gasteiger partial charge in [0.1, 0.15) is 0 Å². The molecule has 2 N–H and O–H groups in total. The van der Waals surface area contributed by atoms with Crippen LogP contribution < -0.4 is 10.6 Å². The van der Waals surface area contributed by atoms with Gasteiger partial charge in [-0.2, -0.15) is 0 Å². The van der Waals surface area contributed by atoms with Crippen molar-refractivity contribution in [2.24, 2.45) is 0 Å². The molecule has 1 atom stereocenters. The van der Waals surface area contributed by atoms with Gasteiger partial charge in [0.25, 0.3) is 0 Å². The minimum atomic E-state index is -0.0735. The summed E-state index contributed by atoms with van der Waals surface area (Å²) in [6, 6.07) is 5.52. The van der Waals surface area contributed by atoms with Gasteiger partial charge in [-0.3, -0.25) is 4.79 Å². The number of aryl methyl sites for hydroxylation is 1. The van der Waals surface area contributed by atoms with E-state index in [1.807, 2.05) is 19.1 Å². The summed E-state index contributed by atoms with van der Waals surface area (Å²) in [5.41, 5.74) is 1.71. The lowest BCUT2D eigenvalue weighted by Crippen LogP contribution is -2.35. The zero-order chi connectivity index (χ0) is 11.5. The van der Waals surface area contributed by atoms with Crippen molar-refractivity contribution >= 4 is 23.2 Å². The Hall–Kier alpha value is -1.06. The van der Waals surface area contributed by atoms with Gasteiger partial charge in [-0.05, 0) is 37.9 Å². The molecular formula is C12H15ClN2O. The second-order valence-corrected chi connectivity index (χ2v) is 4.48. The smallest absolute Gasteiger partial charge is 0.241 e. The first-order valence-corrected chi connectivity index (χ1v) is 5.85. The Bertz CT molecular complexity index is 380. The second-order valence-electron chi connectivity index (χ2n) is 4.07. The summed E-state index contributed by atoms with van der Waals surface area (Å²) in [4.78, 5) is 11.9. The molecule has 0 radical (unpaired) electrons. The van der Waals surface area contributed by atoms with Crippen molar-refractivity contribution in [1.29, 1.82) is 0 Å². The second kappa shape index (κ2) is 4.85. The lowest BCUT2D eigenvalue weighted by molar-refractivity contribution is -0.117. The lowest BCUT2D eigenvalue weighted by atomic mass is 10.1. The molecule has 1 aromatic rings. The minimum Gasteiger partial charge on any atom is -0.323 e. The molecule has 1 aliphatic heterocycles. The molecule has 0 spiro atoms. The Balaban J connectivity index is 2.11. The van der Waals surface area contributed by atoms with Crippen molar-refractivity contribution in [3.05, 3.63) is 28.8 Å². The first-order chi connectivity index (χ1) is 7.68. The molecular weight excluding hydrogens is 224 g/mol. The molecule has 0 saturated carbocycles. The van der Waals surface area contributed by atoms with Crippen LogP contribution in [0, 0.1) is 6.92 Å². The summed E-state index contributed by atoms with van der Waals surface area (Å²) < 4.78 is 0. The maximum atomic E-state index is 11.9. The van der Waals surface area contributed by atoms with Gasteiger partial charge in [0.2, 0.25) is 5.91 Å². The van der Waals surface area contributed by atoms with Gasteiger partial charge in [0, 0.05) is 0 Å². The third-order valence-corrected chi connectivity index (χ3v) is 3.16. The van der Waals surface area contributed by atoms with Gasteiger partial charge >= 0.3 is 0 Å². The third kappa shape index (κ3) is 2.36. The van der Waals surface area contributed by atoms with Crippen LogP contribution in [0.25, 0.3) is 0 Å². The summed E-state index contributed by atoms with van der Waals surface area (Å²) in [5, 5.41) is 6.64. The van der Waals surface area contributed by atoms with E-state index in [0.717, 1.165) is 30.6 Å². The molecule has 0 bridgehead atoms. The number of hydrogen-bond donors (Lipinski definition) is 2. The highest BCUT2D eigenvalue weighted by Crippen LogP contribution is 2.25. The summed E-state index contributed by atoms with van der Waals surface area (Å²) >= 11 is 6.05. The number of rotatable bonds is 2. The highest BCUT2D eigenvalue weighted by Gasteiger charge is 2.22. The van der Waals surface area contributed by atoms with Crippen molar-refractivity contribution < 1.29 is 4.79 Å². The van der Waals surface area contributed by atoms with E-state index in [9.17, 15) is 4.79 Å². The average Bonchev–Trinajstić information content (AvgIpc) is 2.76. The highest BCUT2D eigenvalue weighted by molar-refractivity contribution is 6.34. The van der Waals surface area contributed by atoms with E-state index < -0.39 is 0 Å². The van der Waals surface area contributed by atoms with Crippen LogP contribution in [0.2, 0.25) is 5.02 Å². The third-order valence-electron chi connectivity index (χ3n) is 2.85. The fourth-order valence-corrected chi connectivity index (χ4v) is 2.18. The standard InChI is InChI=1S/C12H15ClN2O/c1-8-4-2-5-9(13)11(8)15-12(16)10-6-3-7-14-10/h2,4-5,10,14H,3,6-7H2,1H3,(H,15,16). The number of benzene rings is 1. The van der Waals surface area contributed by atoms with E-state index in [4.69, 9.17) is 11.6 Å². The van der Waals surface area contributed by atoms with Crippen LogP contribution in [0.15, 0.2) is 18.2 Å². The van der Waals surface area contributed by atoms with Gasteiger partial charge in [0.05, 0.1) is 16.8 Å². The maximum absolute atomic E-state index is 11.9. The first kappa shape index (κ1) is 11.4. The number of amides is 1. The summed E-state index contributed by atoms with van der Waals surface area (Å²) in [7, 11) is 0. The van der Waals surface area contributed by atoms with Gasteiger partial charge in [-0.15, -0.1) is 0 Å². The number of halogens is 1. The Kier molecular flexibility index (Phi) is 3.46. The van der Waals surface area contributed by atoms with Crippen LogP contribution in [0.3, 0.4) is 0 Å². The summed E-state index contributed by atoms with van der Waals surface area (Å²) in [6.07, 6.45) is 1.95. The Labute approximate surface area is 100 Å². The van der Waals surface area contributed by atoms with E-state index in [1.54, 1.807) is 6.07 Å². The van der Waals surface area contributed by atoms with Gasteiger partial charge in [0.15, 0.2) is 0 Å². The van der Waals surface area contributed by atoms with Crippen molar-refractivity contribution in [3.8, 4) is 0 Å². The molecule has 2 rings (SSSR count). The predicted octanol–water partition coefficient (Wildman–Crippen LogP) is 2.34. The number of anilines is 1. The van der Waals surface area contributed by atoms with Crippen LogP contribution in [0.5, 0.6) is 0 Å². The van der Waals surface area contributed by atoms with Crippen molar-refractivity contribution in [2.75, 3.05) is 11.9 Å². The molecule has 0 aromatic heterocycles. The van der Waals surface area contributed by atoms with Crippen molar-refractivity contribution in [2.45, 2.75) is 25.8 Å². The van der Waals surface area contributed by atoms with Crippen LogP contribution in [-0.2, 0) is 4.79 Å². The summed E-state index contributed by atoms with van der Waals surface area (Å²) in [6.45, 7) is 2.85. The minimum absolute atomic E-state index is 0.00806.